The molecule has 0 radical (unpaired) electrons. The van der Waals surface area contributed by atoms with E-state index in [0.29, 0.717) is 18.8 Å². The van der Waals surface area contributed by atoms with Gasteiger partial charge in [-0.25, -0.2) is 4.98 Å². The van der Waals surface area contributed by atoms with Crippen LogP contribution in [0.1, 0.15) is 27.3 Å². The number of fused-ring (bicyclic) bond motifs is 1. The van der Waals surface area contributed by atoms with Crippen LogP contribution in [0.3, 0.4) is 0 Å². The van der Waals surface area contributed by atoms with E-state index in [2.05, 4.69) is 4.98 Å². The van der Waals surface area contributed by atoms with Gasteiger partial charge in [-0.3, -0.25) is 4.79 Å². The molecule has 0 bridgehead atoms. The highest BCUT2D eigenvalue weighted by molar-refractivity contribution is 5.92. The van der Waals surface area contributed by atoms with Gasteiger partial charge in [-0.05, 0) is 55.2 Å². The molecule has 0 N–H and O–H groups in total. The number of hydrogen-bond acceptors (Lipinski definition) is 4. The first-order valence-corrected chi connectivity index (χ1v) is 8.09. The summed E-state index contributed by atoms with van der Waals surface area (Å²) in [5.41, 5.74) is 3.78. The molecule has 0 saturated heterocycles. The van der Waals surface area contributed by atoms with Crippen LogP contribution in [0.15, 0.2) is 30.3 Å². The topological polar surface area (TPSA) is 51.7 Å². The zero-order chi connectivity index (χ0) is 17.1. The number of ether oxygens (including phenoxy) is 2. The summed E-state index contributed by atoms with van der Waals surface area (Å²) in [4.78, 5) is 18.9. The molecule has 0 saturated carbocycles. The van der Waals surface area contributed by atoms with E-state index in [1.807, 2.05) is 36.1 Å². The second kappa shape index (κ2) is 6.91. The number of aromatic nitrogens is 1. The van der Waals surface area contributed by atoms with Gasteiger partial charge < -0.3 is 14.4 Å². The average Bonchev–Trinajstić information content (AvgIpc) is 2.81. The summed E-state index contributed by atoms with van der Waals surface area (Å²) in [6.45, 7) is 3.25. The maximum atomic E-state index is 12.7. The lowest BCUT2D eigenvalue weighted by Crippen LogP contribution is -2.33. The van der Waals surface area contributed by atoms with Crippen molar-refractivity contribution in [1.29, 1.82) is 0 Å². The van der Waals surface area contributed by atoms with Crippen molar-refractivity contribution in [1.82, 2.24) is 9.88 Å². The first-order chi connectivity index (χ1) is 11.6. The predicted molar refractivity (Wildman–Crippen MR) is 91.8 cm³/mol. The molecule has 5 heteroatoms. The van der Waals surface area contributed by atoms with Crippen LogP contribution in [-0.4, -0.2) is 43.1 Å². The number of amides is 1. The van der Waals surface area contributed by atoms with Crippen molar-refractivity contribution in [2.24, 2.45) is 0 Å². The van der Waals surface area contributed by atoms with Crippen molar-refractivity contribution in [2.75, 3.05) is 27.3 Å². The van der Waals surface area contributed by atoms with Gasteiger partial charge in [-0.2, -0.15) is 0 Å². The van der Waals surface area contributed by atoms with Crippen LogP contribution < -0.4 is 9.47 Å². The zero-order valence-electron chi connectivity index (χ0n) is 14.3. The molecular weight excluding hydrogens is 304 g/mol. The quantitative estimate of drug-likeness (QED) is 0.870. The summed E-state index contributed by atoms with van der Waals surface area (Å²) < 4.78 is 10.8. The van der Waals surface area contributed by atoms with Gasteiger partial charge in [0.25, 0.3) is 5.91 Å². The molecule has 2 heterocycles. The first kappa shape index (κ1) is 16.3. The molecule has 1 aromatic heterocycles. The maximum absolute atomic E-state index is 12.7. The van der Waals surface area contributed by atoms with Gasteiger partial charge in [0, 0.05) is 18.8 Å². The van der Waals surface area contributed by atoms with Crippen LogP contribution in [0.25, 0.3) is 0 Å². The van der Waals surface area contributed by atoms with E-state index >= 15 is 0 Å². The molecule has 0 aliphatic carbocycles. The fourth-order valence-electron chi connectivity index (χ4n) is 3.08. The van der Waals surface area contributed by atoms with Gasteiger partial charge >= 0.3 is 0 Å². The van der Waals surface area contributed by atoms with E-state index in [1.165, 1.54) is 11.1 Å². The summed E-state index contributed by atoms with van der Waals surface area (Å²) in [5, 5.41) is 0. The Kier molecular flexibility index (Phi) is 4.69. The highest BCUT2D eigenvalue weighted by Gasteiger charge is 2.22. The molecule has 24 heavy (non-hydrogen) atoms. The van der Waals surface area contributed by atoms with Crippen LogP contribution in [0.4, 0.5) is 0 Å². The zero-order valence-corrected chi connectivity index (χ0v) is 14.3. The van der Waals surface area contributed by atoms with Crippen LogP contribution in [0, 0.1) is 6.92 Å². The predicted octanol–water partition coefficient (Wildman–Crippen LogP) is 2.65. The van der Waals surface area contributed by atoms with Crippen LogP contribution in [0.5, 0.6) is 11.5 Å². The Morgan fingerprint density at radius 3 is 2.12 bits per heavy atom. The fourth-order valence-corrected chi connectivity index (χ4v) is 3.08. The number of nitrogens with zero attached hydrogens (tertiary/aromatic N) is 2. The molecule has 1 aliphatic rings. The number of hydrogen-bond donors (Lipinski definition) is 0. The first-order valence-electron chi connectivity index (χ1n) is 8.09. The molecule has 1 aromatic carbocycles. The smallest absolute Gasteiger partial charge is 0.272 e. The van der Waals surface area contributed by atoms with Gasteiger partial charge in [0.05, 0.1) is 14.2 Å². The van der Waals surface area contributed by atoms with Gasteiger partial charge in [0.2, 0.25) is 0 Å². The average molecular weight is 326 g/mol. The third-order valence-electron chi connectivity index (χ3n) is 4.40. The Hall–Kier alpha value is -2.56. The minimum atomic E-state index is -0.00886. The van der Waals surface area contributed by atoms with Crippen molar-refractivity contribution in [3.05, 3.63) is 52.8 Å². The van der Waals surface area contributed by atoms with Gasteiger partial charge in [-0.15, -0.1) is 0 Å². The van der Waals surface area contributed by atoms with Crippen LogP contribution in [0.2, 0.25) is 0 Å². The summed E-state index contributed by atoms with van der Waals surface area (Å²) in [5.74, 6) is 1.46. The van der Waals surface area contributed by atoms with E-state index in [9.17, 15) is 4.79 Å². The molecule has 5 nitrogen and oxygen atoms in total. The van der Waals surface area contributed by atoms with E-state index in [-0.39, 0.29) is 5.91 Å². The highest BCUT2D eigenvalue weighted by Crippen LogP contribution is 2.32. The molecule has 126 valence electrons. The van der Waals surface area contributed by atoms with Crippen molar-refractivity contribution in [2.45, 2.75) is 19.8 Å². The van der Waals surface area contributed by atoms with E-state index < -0.39 is 0 Å². The van der Waals surface area contributed by atoms with Gasteiger partial charge in [0.1, 0.15) is 5.69 Å². The molecule has 0 unspecified atom stereocenters. The second-order valence-corrected chi connectivity index (χ2v) is 5.93. The number of benzene rings is 1. The monoisotopic (exact) mass is 326 g/mol. The molecule has 0 fully saturated rings. The van der Waals surface area contributed by atoms with Crippen LogP contribution >= 0.6 is 0 Å². The Morgan fingerprint density at radius 2 is 1.62 bits per heavy atom. The fraction of sp³-hybridized carbons (Fsp3) is 0.368. The number of carbonyl (C=O) groups is 1. The normalized spacial score (nSPS) is 13.9. The number of aryl methyl sites for hydroxylation is 1. The van der Waals surface area contributed by atoms with Crippen molar-refractivity contribution < 1.29 is 14.3 Å². The minimum Gasteiger partial charge on any atom is -0.493 e. The van der Waals surface area contributed by atoms with Crippen molar-refractivity contribution in [3.8, 4) is 11.5 Å². The summed E-state index contributed by atoms with van der Waals surface area (Å²) in [6, 6.07) is 9.59. The number of methoxy groups -OCH3 is 2. The molecule has 0 spiro atoms. The molecule has 3 rings (SSSR count). The van der Waals surface area contributed by atoms with Crippen molar-refractivity contribution >= 4 is 5.91 Å². The summed E-state index contributed by atoms with van der Waals surface area (Å²) in [7, 11) is 3.28. The Balaban J connectivity index is 1.81. The SMILES string of the molecule is COc1cc2c(cc1OC)CCN(C(=O)c1cccc(C)n1)CC2. The summed E-state index contributed by atoms with van der Waals surface area (Å²) in [6.07, 6.45) is 1.60. The number of carbonyl (C=O) groups excluding carboxylic acids is 1. The van der Waals surface area contributed by atoms with Gasteiger partial charge in [0.15, 0.2) is 11.5 Å². The molecule has 1 amide bonds. The van der Waals surface area contributed by atoms with Crippen molar-refractivity contribution in [3.63, 3.8) is 0 Å². The molecule has 2 aromatic rings. The minimum absolute atomic E-state index is 0.00886. The third kappa shape index (κ3) is 3.20. The highest BCUT2D eigenvalue weighted by atomic mass is 16.5. The largest absolute Gasteiger partial charge is 0.493 e. The Labute approximate surface area is 142 Å². The maximum Gasteiger partial charge on any atom is 0.272 e. The summed E-state index contributed by atoms with van der Waals surface area (Å²) >= 11 is 0. The van der Waals surface area contributed by atoms with Crippen LogP contribution in [-0.2, 0) is 12.8 Å². The number of rotatable bonds is 3. The van der Waals surface area contributed by atoms with Gasteiger partial charge in [-0.1, -0.05) is 6.07 Å². The lowest BCUT2D eigenvalue weighted by atomic mass is 10.0. The molecule has 1 aliphatic heterocycles. The second-order valence-electron chi connectivity index (χ2n) is 5.93. The van der Waals surface area contributed by atoms with E-state index in [4.69, 9.17) is 9.47 Å². The van der Waals surface area contributed by atoms with E-state index in [1.54, 1.807) is 20.3 Å². The third-order valence-corrected chi connectivity index (χ3v) is 4.40. The van der Waals surface area contributed by atoms with E-state index in [0.717, 1.165) is 30.0 Å². The standard InChI is InChI=1S/C19H22N2O3/c1-13-5-4-6-16(20-13)19(22)21-9-7-14-11-17(23-2)18(24-3)12-15(14)8-10-21/h4-6,11-12H,7-10H2,1-3H3. The molecule has 0 atom stereocenters. The lowest BCUT2D eigenvalue weighted by Gasteiger charge is -2.19. The number of pyridine rings is 1. The molecular formula is C19H22N2O3. The Bertz CT molecular complexity index is 723. The Morgan fingerprint density at radius 1 is 1.04 bits per heavy atom. The lowest BCUT2D eigenvalue weighted by molar-refractivity contribution is 0.0757.